The zero-order valence-electron chi connectivity index (χ0n) is 13.3. The topological polar surface area (TPSA) is 35.2 Å². The molecular weight excluding hydrogens is 265 g/mol. The van der Waals surface area contributed by atoms with Crippen molar-refractivity contribution in [2.24, 2.45) is 5.73 Å². The molecule has 21 heavy (non-hydrogen) atoms. The highest BCUT2D eigenvalue weighted by molar-refractivity contribution is 5.47. The van der Waals surface area contributed by atoms with E-state index in [1.807, 2.05) is 26.8 Å². The molecule has 0 aliphatic carbocycles. The fourth-order valence-electron chi connectivity index (χ4n) is 2.34. The maximum Gasteiger partial charge on any atom is 0.132 e. The first-order valence-corrected chi connectivity index (χ1v) is 7.11. The number of halogens is 1. The lowest BCUT2D eigenvalue weighted by Gasteiger charge is -2.17. The fraction of sp³-hybridized carbons (Fsp3) is 0.333. The smallest absolute Gasteiger partial charge is 0.132 e. The van der Waals surface area contributed by atoms with Gasteiger partial charge in [-0.3, -0.25) is 0 Å². The summed E-state index contributed by atoms with van der Waals surface area (Å²) in [6.45, 7) is 9.65. The Morgan fingerprint density at radius 3 is 2.24 bits per heavy atom. The second-order valence-corrected chi connectivity index (χ2v) is 5.73. The van der Waals surface area contributed by atoms with E-state index in [4.69, 9.17) is 10.5 Å². The van der Waals surface area contributed by atoms with Gasteiger partial charge >= 0.3 is 0 Å². The minimum atomic E-state index is -0.290. The minimum absolute atomic E-state index is 0.258. The van der Waals surface area contributed by atoms with E-state index in [2.05, 4.69) is 13.0 Å². The summed E-state index contributed by atoms with van der Waals surface area (Å²) in [7, 11) is 0. The Hall–Kier alpha value is -1.87. The van der Waals surface area contributed by atoms with Crippen molar-refractivity contribution < 1.29 is 9.13 Å². The average Bonchev–Trinajstić information content (AvgIpc) is 2.39. The fourth-order valence-corrected chi connectivity index (χ4v) is 2.34. The molecule has 2 aromatic rings. The van der Waals surface area contributed by atoms with Crippen LogP contribution in [0.3, 0.4) is 0 Å². The van der Waals surface area contributed by atoms with Gasteiger partial charge in [-0.15, -0.1) is 0 Å². The van der Waals surface area contributed by atoms with Crippen molar-refractivity contribution in [2.75, 3.05) is 0 Å². The van der Waals surface area contributed by atoms with Crippen LogP contribution in [0.1, 0.15) is 40.8 Å². The molecule has 0 unspecified atom stereocenters. The third kappa shape index (κ3) is 3.24. The molecular formula is C18H22FNO. The van der Waals surface area contributed by atoms with Gasteiger partial charge < -0.3 is 10.5 Å². The van der Waals surface area contributed by atoms with Gasteiger partial charge in [-0.05, 0) is 75.1 Å². The number of hydrogen-bond acceptors (Lipinski definition) is 2. The second-order valence-electron chi connectivity index (χ2n) is 5.73. The van der Waals surface area contributed by atoms with Crippen molar-refractivity contribution in [3.05, 3.63) is 57.9 Å². The van der Waals surface area contributed by atoms with Gasteiger partial charge in [0.15, 0.2) is 0 Å². The molecule has 0 saturated carbocycles. The Morgan fingerprint density at radius 2 is 1.62 bits per heavy atom. The van der Waals surface area contributed by atoms with Crippen LogP contribution in [0.2, 0.25) is 0 Å². The number of aryl methyl sites for hydroxylation is 3. The lowest BCUT2D eigenvalue weighted by atomic mass is 10.0. The van der Waals surface area contributed by atoms with Gasteiger partial charge in [0.2, 0.25) is 0 Å². The van der Waals surface area contributed by atoms with Crippen LogP contribution in [0.4, 0.5) is 4.39 Å². The molecule has 0 fully saturated rings. The van der Waals surface area contributed by atoms with Crippen molar-refractivity contribution in [2.45, 2.75) is 40.7 Å². The monoisotopic (exact) mass is 287 g/mol. The molecule has 0 amide bonds. The number of hydrogen-bond donors (Lipinski definition) is 1. The SMILES string of the molecule is Cc1cc(C)c(C)c(Oc2cc(C)c(F)cc2[C@@H](C)N)c1. The number of ether oxygens (including phenoxy) is 1. The quantitative estimate of drug-likeness (QED) is 0.874. The predicted molar refractivity (Wildman–Crippen MR) is 84.5 cm³/mol. The van der Waals surface area contributed by atoms with Crippen LogP contribution in [0.15, 0.2) is 24.3 Å². The average molecular weight is 287 g/mol. The zero-order valence-corrected chi connectivity index (χ0v) is 13.3. The molecule has 2 nitrogen and oxygen atoms in total. The molecule has 2 rings (SSSR count). The van der Waals surface area contributed by atoms with E-state index >= 15 is 0 Å². The summed E-state index contributed by atoms with van der Waals surface area (Å²) in [5.74, 6) is 1.16. The summed E-state index contributed by atoms with van der Waals surface area (Å²) < 4.78 is 19.8. The molecule has 0 aromatic heterocycles. The summed E-state index contributed by atoms with van der Waals surface area (Å²) in [5, 5.41) is 0. The molecule has 3 heteroatoms. The largest absolute Gasteiger partial charge is 0.457 e. The van der Waals surface area contributed by atoms with Crippen LogP contribution >= 0.6 is 0 Å². The maximum absolute atomic E-state index is 13.8. The van der Waals surface area contributed by atoms with E-state index in [0.29, 0.717) is 16.9 Å². The zero-order chi connectivity index (χ0) is 15.7. The van der Waals surface area contributed by atoms with Gasteiger partial charge in [0.1, 0.15) is 17.3 Å². The summed E-state index contributed by atoms with van der Waals surface area (Å²) in [6, 6.07) is 7.00. The van der Waals surface area contributed by atoms with Crippen molar-refractivity contribution in [1.29, 1.82) is 0 Å². The van der Waals surface area contributed by atoms with Crippen LogP contribution in [0, 0.1) is 33.5 Å². The number of nitrogens with two attached hydrogens (primary N) is 1. The Kier molecular flexibility index (Phi) is 4.33. The van der Waals surface area contributed by atoms with Gasteiger partial charge in [0.25, 0.3) is 0 Å². The predicted octanol–water partition coefficient (Wildman–Crippen LogP) is 4.87. The molecule has 0 radical (unpaired) electrons. The third-order valence-corrected chi connectivity index (χ3v) is 3.77. The first-order chi connectivity index (χ1) is 9.79. The van der Waals surface area contributed by atoms with E-state index in [0.717, 1.165) is 16.9 Å². The highest BCUT2D eigenvalue weighted by Gasteiger charge is 2.14. The van der Waals surface area contributed by atoms with Crippen LogP contribution in [0.5, 0.6) is 11.5 Å². The van der Waals surface area contributed by atoms with Crippen LogP contribution in [-0.2, 0) is 0 Å². The molecule has 0 saturated heterocycles. The molecule has 112 valence electrons. The lowest BCUT2D eigenvalue weighted by Crippen LogP contribution is -2.08. The Morgan fingerprint density at radius 1 is 0.952 bits per heavy atom. The van der Waals surface area contributed by atoms with Crippen molar-refractivity contribution in [3.8, 4) is 11.5 Å². The van der Waals surface area contributed by atoms with E-state index in [1.165, 1.54) is 11.6 Å². The third-order valence-electron chi connectivity index (χ3n) is 3.77. The van der Waals surface area contributed by atoms with Crippen molar-refractivity contribution in [1.82, 2.24) is 0 Å². The highest BCUT2D eigenvalue weighted by atomic mass is 19.1. The van der Waals surface area contributed by atoms with E-state index in [1.54, 1.807) is 13.0 Å². The van der Waals surface area contributed by atoms with E-state index < -0.39 is 0 Å². The minimum Gasteiger partial charge on any atom is -0.457 e. The number of rotatable bonds is 3. The maximum atomic E-state index is 13.8. The first-order valence-electron chi connectivity index (χ1n) is 7.11. The Labute approximate surface area is 125 Å². The summed E-state index contributed by atoms with van der Waals surface area (Å²) >= 11 is 0. The van der Waals surface area contributed by atoms with Gasteiger partial charge in [-0.2, -0.15) is 0 Å². The summed E-state index contributed by atoms with van der Waals surface area (Å²) in [4.78, 5) is 0. The molecule has 0 aliphatic heterocycles. The molecule has 2 N–H and O–H groups in total. The molecule has 0 aliphatic rings. The molecule has 0 bridgehead atoms. The Balaban J connectivity index is 2.51. The van der Waals surface area contributed by atoms with Gasteiger partial charge in [-0.1, -0.05) is 6.07 Å². The lowest BCUT2D eigenvalue weighted by molar-refractivity contribution is 0.464. The van der Waals surface area contributed by atoms with Crippen molar-refractivity contribution >= 4 is 0 Å². The molecule has 1 atom stereocenters. The standard InChI is InChI=1S/C18H22FNO/c1-10-6-11(2)13(4)17(7-10)21-18-8-12(3)16(19)9-15(18)14(5)20/h6-9,14H,20H2,1-5H3/t14-/m1/s1. The van der Waals surface area contributed by atoms with Crippen LogP contribution < -0.4 is 10.5 Å². The summed E-state index contributed by atoms with van der Waals surface area (Å²) in [5.41, 5.74) is 10.6. The normalized spacial score (nSPS) is 12.3. The van der Waals surface area contributed by atoms with Crippen molar-refractivity contribution in [3.63, 3.8) is 0 Å². The Bertz CT molecular complexity index is 677. The molecule has 0 spiro atoms. The van der Waals surface area contributed by atoms with E-state index in [9.17, 15) is 4.39 Å². The highest BCUT2D eigenvalue weighted by Crippen LogP contribution is 2.34. The number of benzene rings is 2. The van der Waals surface area contributed by atoms with Gasteiger partial charge in [0, 0.05) is 11.6 Å². The van der Waals surface area contributed by atoms with E-state index in [-0.39, 0.29) is 11.9 Å². The second kappa shape index (κ2) is 5.86. The van der Waals surface area contributed by atoms with Crippen LogP contribution in [-0.4, -0.2) is 0 Å². The van der Waals surface area contributed by atoms with Crippen LogP contribution in [0.25, 0.3) is 0 Å². The summed E-state index contributed by atoms with van der Waals surface area (Å²) in [6.07, 6.45) is 0. The molecule has 0 heterocycles. The molecule has 2 aromatic carbocycles. The first kappa shape index (κ1) is 15.5. The van der Waals surface area contributed by atoms with Gasteiger partial charge in [0.05, 0.1) is 0 Å². The van der Waals surface area contributed by atoms with Gasteiger partial charge in [-0.25, -0.2) is 4.39 Å².